The Hall–Kier alpha value is -2.40. The van der Waals surface area contributed by atoms with Gasteiger partial charge in [-0.3, -0.25) is 4.79 Å². The SMILES string of the molecule is O=C(Nc1c(F)cccc1C(=O)O)c1ccccc1Cl. The van der Waals surface area contributed by atoms with Crippen molar-refractivity contribution in [3.05, 3.63) is 64.4 Å². The number of aromatic carboxylic acids is 1. The van der Waals surface area contributed by atoms with E-state index in [2.05, 4.69) is 5.32 Å². The molecule has 2 aromatic rings. The highest BCUT2D eigenvalue weighted by Crippen LogP contribution is 2.22. The van der Waals surface area contributed by atoms with Crippen LogP contribution in [0.3, 0.4) is 0 Å². The van der Waals surface area contributed by atoms with Crippen molar-refractivity contribution < 1.29 is 19.1 Å². The minimum Gasteiger partial charge on any atom is -0.478 e. The van der Waals surface area contributed by atoms with Crippen LogP contribution in [0.2, 0.25) is 5.02 Å². The molecule has 0 aliphatic carbocycles. The van der Waals surface area contributed by atoms with Crippen LogP contribution in [0.1, 0.15) is 20.7 Å². The highest BCUT2D eigenvalue weighted by Gasteiger charge is 2.18. The molecular formula is C14H9ClFNO3. The molecule has 0 aliphatic rings. The molecule has 102 valence electrons. The van der Waals surface area contributed by atoms with Crippen LogP contribution in [0.5, 0.6) is 0 Å². The van der Waals surface area contributed by atoms with Gasteiger partial charge in [-0.15, -0.1) is 0 Å². The van der Waals surface area contributed by atoms with Gasteiger partial charge in [0.05, 0.1) is 21.8 Å². The minimum atomic E-state index is -1.33. The van der Waals surface area contributed by atoms with Gasteiger partial charge in [0.1, 0.15) is 5.82 Å². The van der Waals surface area contributed by atoms with E-state index >= 15 is 0 Å². The van der Waals surface area contributed by atoms with Gasteiger partial charge in [-0.1, -0.05) is 29.8 Å². The van der Waals surface area contributed by atoms with E-state index in [0.29, 0.717) is 0 Å². The van der Waals surface area contributed by atoms with Gasteiger partial charge in [0, 0.05) is 0 Å². The zero-order chi connectivity index (χ0) is 14.7. The summed E-state index contributed by atoms with van der Waals surface area (Å²) in [6.45, 7) is 0. The summed E-state index contributed by atoms with van der Waals surface area (Å²) in [5.41, 5.74) is -0.580. The number of nitrogens with one attached hydrogen (secondary N) is 1. The van der Waals surface area contributed by atoms with Crippen molar-refractivity contribution in [2.75, 3.05) is 5.32 Å². The third-order valence-electron chi connectivity index (χ3n) is 2.60. The quantitative estimate of drug-likeness (QED) is 0.911. The van der Waals surface area contributed by atoms with Gasteiger partial charge in [0.2, 0.25) is 0 Å². The van der Waals surface area contributed by atoms with E-state index in [0.717, 1.165) is 6.07 Å². The van der Waals surface area contributed by atoms with Crippen LogP contribution in [-0.2, 0) is 0 Å². The predicted molar refractivity (Wildman–Crippen MR) is 72.8 cm³/mol. The lowest BCUT2D eigenvalue weighted by molar-refractivity contribution is 0.0697. The predicted octanol–water partition coefficient (Wildman–Crippen LogP) is 3.43. The molecule has 0 fully saturated rings. The molecule has 0 unspecified atom stereocenters. The topological polar surface area (TPSA) is 66.4 Å². The van der Waals surface area contributed by atoms with Crippen molar-refractivity contribution in [1.29, 1.82) is 0 Å². The zero-order valence-corrected chi connectivity index (χ0v) is 10.8. The Labute approximate surface area is 118 Å². The monoisotopic (exact) mass is 293 g/mol. The number of anilines is 1. The average Bonchev–Trinajstić information content (AvgIpc) is 2.41. The standard InChI is InChI=1S/C14H9ClFNO3/c15-10-6-2-1-4-8(10)13(18)17-12-9(14(19)20)5-3-7-11(12)16/h1-7H,(H,17,18)(H,19,20). The third kappa shape index (κ3) is 2.78. The molecule has 2 rings (SSSR count). The number of hydrogen-bond acceptors (Lipinski definition) is 2. The van der Waals surface area contributed by atoms with Crippen LogP contribution >= 0.6 is 11.6 Å². The molecular weight excluding hydrogens is 285 g/mol. The number of carbonyl (C=O) groups is 2. The maximum Gasteiger partial charge on any atom is 0.337 e. The maximum atomic E-state index is 13.7. The maximum absolute atomic E-state index is 13.7. The fraction of sp³-hybridized carbons (Fsp3) is 0. The molecule has 20 heavy (non-hydrogen) atoms. The highest BCUT2D eigenvalue weighted by atomic mass is 35.5. The van der Waals surface area contributed by atoms with Crippen molar-refractivity contribution >= 4 is 29.2 Å². The van der Waals surface area contributed by atoms with Crippen molar-refractivity contribution in [1.82, 2.24) is 0 Å². The van der Waals surface area contributed by atoms with Crippen molar-refractivity contribution in [3.63, 3.8) is 0 Å². The molecule has 4 nitrogen and oxygen atoms in total. The Morgan fingerprint density at radius 1 is 1.05 bits per heavy atom. The first kappa shape index (κ1) is 14.0. The van der Waals surface area contributed by atoms with E-state index in [9.17, 15) is 14.0 Å². The second-order valence-electron chi connectivity index (χ2n) is 3.90. The summed E-state index contributed by atoms with van der Waals surface area (Å²) in [6.07, 6.45) is 0. The molecule has 0 aliphatic heterocycles. The zero-order valence-electron chi connectivity index (χ0n) is 10.1. The van der Waals surface area contributed by atoms with Gasteiger partial charge in [-0.25, -0.2) is 9.18 Å². The Balaban J connectivity index is 2.38. The van der Waals surface area contributed by atoms with Crippen LogP contribution in [0.4, 0.5) is 10.1 Å². The summed E-state index contributed by atoms with van der Waals surface area (Å²) < 4.78 is 13.7. The summed E-state index contributed by atoms with van der Waals surface area (Å²) in [7, 11) is 0. The van der Waals surface area contributed by atoms with Crippen molar-refractivity contribution in [2.45, 2.75) is 0 Å². The van der Waals surface area contributed by atoms with Crippen LogP contribution in [0, 0.1) is 5.82 Å². The first-order valence-electron chi connectivity index (χ1n) is 5.58. The number of carboxylic acids is 1. The van der Waals surface area contributed by atoms with Crippen LogP contribution in [0.15, 0.2) is 42.5 Å². The summed E-state index contributed by atoms with van der Waals surface area (Å²) in [6, 6.07) is 9.73. The lowest BCUT2D eigenvalue weighted by Crippen LogP contribution is -2.16. The Morgan fingerprint density at radius 3 is 2.35 bits per heavy atom. The van der Waals surface area contributed by atoms with Gasteiger partial charge in [0.25, 0.3) is 5.91 Å². The summed E-state index contributed by atoms with van der Waals surface area (Å²) in [5, 5.41) is 11.4. The number of carboxylic acid groups (broad SMARTS) is 1. The normalized spacial score (nSPS) is 10.1. The number of benzene rings is 2. The van der Waals surface area contributed by atoms with E-state index < -0.39 is 17.7 Å². The molecule has 1 amide bonds. The number of halogens is 2. The molecule has 2 N–H and O–H groups in total. The molecule has 0 radical (unpaired) electrons. The molecule has 0 aromatic heterocycles. The minimum absolute atomic E-state index is 0.133. The Kier molecular flexibility index (Phi) is 4.00. The van der Waals surface area contributed by atoms with Crippen LogP contribution in [0.25, 0.3) is 0 Å². The fourth-order valence-corrected chi connectivity index (χ4v) is 1.88. The average molecular weight is 294 g/mol. The second kappa shape index (κ2) is 5.71. The second-order valence-corrected chi connectivity index (χ2v) is 4.31. The van der Waals surface area contributed by atoms with Gasteiger partial charge in [0.15, 0.2) is 0 Å². The first-order valence-corrected chi connectivity index (χ1v) is 5.96. The number of amides is 1. The van der Waals surface area contributed by atoms with E-state index in [-0.39, 0.29) is 21.8 Å². The van der Waals surface area contributed by atoms with Crippen LogP contribution in [-0.4, -0.2) is 17.0 Å². The molecule has 0 spiro atoms. The van der Waals surface area contributed by atoms with Gasteiger partial charge >= 0.3 is 5.97 Å². The highest BCUT2D eigenvalue weighted by molar-refractivity contribution is 6.34. The molecule has 2 aromatic carbocycles. The van der Waals surface area contributed by atoms with E-state index in [1.165, 1.54) is 24.3 Å². The number of para-hydroxylation sites is 1. The summed E-state index contributed by atoms with van der Waals surface area (Å²) >= 11 is 5.86. The lowest BCUT2D eigenvalue weighted by atomic mass is 10.1. The Bertz CT molecular complexity index is 688. The smallest absolute Gasteiger partial charge is 0.337 e. The fourth-order valence-electron chi connectivity index (χ4n) is 1.66. The number of rotatable bonds is 3. The molecule has 0 saturated carbocycles. The van der Waals surface area contributed by atoms with E-state index in [4.69, 9.17) is 16.7 Å². The summed E-state index contributed by atoms with van der Waals surface area (Å²) in [5.74, 6) is -2.84. The van der Waals surface area contributed by atoms with E-state index in [1.54, 1.807) is 12.1 Å². The number of hydrogen-bond donors (Lipinski definition) is 2. The van der Waals surface area contributed by atoms with Gasteiger partial charge in [-0.05, 0) is 24.3 Å². The number of carbonyl (C=O) groups excluding carboxylic acids is 1. The molecule has 0 saturated heterocycles. The Morgan fingerprint density at radius 2 is 1.70 bits per heavy atom. The lowest BCUT2D eigenvalue weighted by Gasteiger charge is -2.10. The third-order valence-corrected chi connectivity index (χ3v) is 2.93. The van der Waals surface area contributed by atoms with Crippen molar-refractivity contribution in [2.24, 2.45) is 0 Å². The largest absolute Gasteiger partial charge is 0.478 e. The summed E-state index contributed by atoms with van der Waals surface area (Å²) in [4.78, 5) is 23.0. The van der Waals surface area contributed by atoms with Gasteiger partial charge < -0.3 is 10.4 Å². The molecule has 0 atom stereocenters. The molecule has 0 heterocycles. The van der Waals surface area contributed by atoms with Crippen molar-refractivity contribution in [3.8, 4) is 0 Å². The molecule has 0 bridgehead atoms. The first-order chi connectivity index (χ1) is 9.50. The van der Waals surface area contributed by atoms with Crippen LogP contribution < -0.4 is 5.32 Å². The molecule has 6 heteroatoms. The van der Waals surface area contributed by atoms with E-state index in [1.807, 2.05) is 0 Å². The van der Waals surface area contributed by atoms with Gasteiger partial charge in [-0.2, -0.15) is 0 Å².